The van der Waals surface area contributed by atoms with Crippen molar-refractivity contribution in [3.05, 3.63) is 53.9 Å². The number of carbonyl (C=O) groups excluding carboxylic acids is 1. The van der Waals surface area contributed by atoms with Gasteiger partial charge < -0.3 is 5.32 Å². The highest BCUT2D eigenvalue weighted by molar-refractivity contribution is 5.90. The van der Waals surface area contributed by atoms with Crippen LogP contribution in [0.4, 0.5) is 0 Å². The molecule has 0 radical (unpaired) electrons. The number of aromatic nitrogens is 4. The van der Waals surface area contributed by atoms with Crippen LogP contribution in [0.3, 0.4) is 0 Å². The summed E-state index contributed by atoms with van der Waals surface area (Å²) < 4.78 is 0. The Morgan fingerprint density at radius 3 is 2.85 bits per heavy atom. The topological polar surface area (TPSA) is 83.6 Å². The molecule has 0 fully saturated rings. The van der Waals surface area contributed by atoms with Crippen molar-refractivity contribution in [2.24, 2.45) is 0 Å². The van der Waals surface area contributed by atoms with E-state index in [0.29, 0.717) is 12.2 Å². The third kappa shape index (κ3) is 2.64. The van der Waals surface area contributed by atoms with E-state index in [1.54, 1.807) is 0 Å². The lowest BCUT2D eigenvalue weighted by atomic mass is 10.0. The number of amides is 1. The Labute approximate surface area is 115 Å². The number of hydrogen-bond acceptors (Lipinski definition) is 4. The molecule has 0 unspecified atom stereocenters. The molecule has 0 saturated heterocycles. The van der Waals surface area contributed by atoms with Gasteiger partial charge in [0.05, 0.1) is 13.0 Å². The van der Waals surface area contributed by atoms with Gasteiger partial charge >= 0.3 is 0 Å². The summed E-state index contributed by atoms with van der Waals surface area (Å²) in [6, 6.07) is 14.0. The predicted molar refractivity (Wildman–Crippen MR) is 73.7 cm³/mol. The molecule has 6 nitrogen and oxygen atoms in total. The monoisotopic (exact) mass is 267 g/mol. The Hall–Kier alpha value is -2.76. The van der Waals surface area contributed by atoms with Crippen molar-refractivity contribution >= 4 is 16.7 Å². The summed E-state index contributed by atoms with van der Waals surface area (Å²) in [6.07, 6.45) is 0.333. The van der Waals surface area contributed by atoms with Crippen LogP contribution >= 0.6 is 0 Å². The average molecular weight is 267 g/mol. The molecule has 3 rings (SSSR count). The van der Waals surface area contributed by atoms with E-state index in [4.69, 9.17) is 0 Å². The average Bonchev–Trinajstić information content (AvgIpc) is 2.99. The molecule has 1 heterocycles. The first-order valence-corrected chi connectivity index (χ1v) is 6.28. The van der Waals surface area contributed by atoms with Crippen LogP contribution in [0.2, 0.25) is 0 Å². The molecule has 0 aliphatic heterocycles. The summed E-state index contributed by atoms with van der Waals surface area (Å²) in [4.78, 5) is 12.0. The van der Waals surface area contributed by atoms with Gasteiger partial charge in [-0.25, -0.2) is 0 Å². The van der Waals surface area contributed by atoms with Crippen molar-refractivity contribution in [1.29, 1.82) is 0 Å². The second kappa shape index (κ2) is 5.48. The molecule has 1 amide bonds. The second-order valence-corrected chi connectivity index (χ2v) is 4.42. The standard InChI is InChI=1S/C14H13N5O/c20-14(15-9-13-16-18-19-17-13)8-11-6-3-5-10-4-1-2-7-12(10)11/h1-7H,8-9H2,(H,15,20)(H,16,17,18,19). The SMILES string of the molecule is O=C(Cc1cccc2ccccc12)NCc1nn[nH]n1. The maximum Gasteiger partial charge on any atom is 0.224 e. The maximum absolute atomic E-state index is 12.0. The van der Waals surface area contributed by atoms with Crippen LogP contribution in [-0.2, 0) is 17.8 Å². The fourth-order valence-electron chi connectivity index (χ4n) is 2.12. The molecule has 2 aromatic carbocycles. The molecule has 1 aromatic heterocycles. The molecular weight excluding hydrogens is 254 g/mol. The van der Waals surface area contributed by atoms with Crippen LogP contribution in [0.1, 0.15) is 11.4 Å². The third-order valence-corrected chi connectivity index (χ3v) is 3.06. The van der Waals surface area contributed by atoms with E-state index in [2.05, 4.69) is 25.9 Å². The first-order valence-electron chi connectivity index (χ1n) is 6.28. The Bertz CT molecular complexity index is 718. The minimum atomic E-state index is -0.0637. The molecule has 0 aliphatic carbocycles. The quantitative estimate of drug-likeness (QED) is 0.744. The van der Waals surface area contributed by atoms with Gasteiger partial charge in [-0.05, 0) is 16.3 Å². The number of tetrazole rings is 1. The first-order chi connectivity index (χ1) is 9.83. The van der Waals surface area contributed by atoms with E-state index in [9.17, 15) is 4.79 Å². The largest absolute Gasteiger partial charge is 0.348 e. The normalized spacial score (nSPS) is 10.6. The number of rotatable bonds is 4. The fraction of sp³-hybridized carbons (Fsp3) is 0.143. The van der Waals surface area contributed by atoms with Gasteiger partial charge in [-0.2, -0.15) is 5.21 Å². The lowest BCUT2D eigenvalue weighted by Gasteiger charge is -2.06. The lowest BCUT2D eigenvalue weighted by molar-refractivity contribution is -0.120. The number of H-pyrrole nitrogens is 1. The van der Waals surface area contributed by atoms with E-state index in [0.717, 1.165) is 16.3 Å². The zero-order chi connectivity index (χ0) is 13.8. The molecule has 0 spiro atoms. The van der Waals surface area contributed by atoms with Crippen LogP contribution in [0.15, 0.2) is 42.5 Å². The third-order valence-electron chi connectivity index (χ3n) is 3.06. The van der Waals surface area contributed by atoms with Gasteiger partial charge in [0.25, 0.3) is 0 Å². The minimum Gasteiger partial charge on any atom is -0.348 e. The molecule has 0 aliphatic rings. The van der Waals surface area contributed by atoms with Gasteiger partial charge in [0.2, 0.25) is 5.91 Å². The van der Waals surface area contributed by atoms with Gasteiger partial charge in [-0.3, -0.25) is 4.79 Å². The highest BCUT2D eigenvalue weighted by Crippen LogP contribution is 2.18. The van der Waals surface area contributed by atoms with Crippen LogP contribution in [-0.4, -0.2) is 26.5 Å². The second-order valence-electron chi connectivity index (χ2n) is 4.42. The number of carbonyl (C=O) groups is 1. The van der Waals surface area contributed by atoms with E-state index >= 15 is 0 Å². The summed E-state index contributed by atoms with van der Waals surface area (Å²) in [7, 11) is 0. The summed E-state index contributed by atoms with van der Waals surface area (Å²) >= 11 is 0. The summed E-state index contributed by atoms with van der Waals surface area (Å²) in [5, 5.41) is 18.4. The molecule has 0 bridgehead atoms. The van der Waals surface area contributed by atoms with Gasteiger partial charge in [0, 0.05) is 0 Å². The molecule has 3 aromatic rings. The smallest absolute Gasteiger partial charge is 0.224 e. The van der Waals surface area contributed by atoms with Gasteiger partial charge in [0.15, 0.2) is 5.82 Å². The van der Waals surface area contributed by atoms with Crippen LogP contribution < -0.4 is 5.32 Å². The van der Waals surface area contributed by atoms with Crippen LogP contribution in [0, 0.1) is 0 Å². The number of benzene rings is 2. The number of fused-ring (bicyclic) bond motifs is 1. The van der Waals surface area contributed by atoms with Crippen molar-refractivity contribution in [2.45, 2.75) is 13.0 Å². The van der Waals surface area contributed by atoms with Crippen LogP contribution in [0.25, 0.3) is 10.8 Å². The Morgan fingerprint density at radius 1 is 1.15 bits per heavy atom. The zero-order valence-corrected chi connectivity index (χ0v) is 10.7. The molecule has 0 saturated carbocycles. The van der Waals surface area contributed by atoms with Crippen LogP contribution in [0.5, 0.6) is 0 Å². The van der Waals surface area contributed by atoms with Gasteiger partial charge in [0.1, 0.15) is 0 Å². The predicted octanol–water partition coefficient (Wildman–Crippen LogP) is 1.21. The zero-order valence-electron chi connectivity index (χ0n) is 10.7. The van der Waals surface area contributed by atoms with Gasteiger partial charge in [-0.1, -0.05) is 47.7 Å². The number of hydrogen-bond donors (Lipinski definition) is 2. The summed E-state index contributed by atoms with van der Waals surface area (Å²) in [5.74, 6) is 0.405. The van der Waals surface area contributed by atoms with E-state index in [-0.39, 0.29) is 12.5 Å². The highest BCUT2D eigenvalue weighted by Gasteiger charge is 2.07. The number of nitrogens with zero attached hydrogens (tertiary/aromatic N) is 3. The van der Waals surface area contributed by atoms with Gasteiger partial charge in [-0.15, -0.1) is 10.2 Å². The lowest BCUT2D eigenvalue weighted by Crippen LogP contribution is -2.25. The van der Waals surface area contributed by atoms with E-state index in [1.165, 1.54) is 0 Å². The van der Waals surface area contributed by atoms with Crippen molar-refractivity contribution in [3.8, 4) is 0 Å². The molecule has 20 heavy (non-hydrogen) atoms. The summed E-state index contributed by atoms with van der Waals surface area (Å²) in [6.45, 7) is 0.278. The molecule has 100 valence electrons. The van der Waals surface area contributed by atoms with Crippen molar-refractivity contribution in [3.63, 3.8) is 0 Å². The number of nitrogens with one attached hydrogen (secondary N) is 2. The Balaban J connectivity index is 1.71. The minimum absolute atomic E-state index is 0.0637. The maximum atomic E-state index is 12.0. The summed E-state index contributed by atoms with van der Waals surface area (Å²) in [5.41, 5.74) is 1.01. The Kier molecular flexibility index (Phi) is 3.36. The van der Waals surface area contributed by atoms with Crippen molar-refractivity contribution in [1.82, 2.24) is 25.9 Å². The molecule has 6 heteroatoms. The Morgan fingerprint density at radius 2 is 2.00 bits per heavy atom. The fourth-order valence-corrected chi connectivity index (χ4v) is 2.12. The highest BCUT2D eigenvalue weighted by atomic mass is 16.1. The van der Waals surface area contributed by atoms with Crippen molar-refractivity contribution in [2.75, 3.05) is 0 Å². The first kappa shape index (κ1) is 12.3. The van der Waals surface area contributed by atoms with Crippen molar-refractivity contribution < 1.29 is 4.79 Å². The molecule has 0 atom stereocenters. The van der Waals surface area contributed by atoms with E-state index < -0.39 is 0 Å². The number of aromatic amines is 1. The van der Waals surface area contributed by atoms with E-state index in [1.807, 2.05) is 42.5 Å². The molecular formula is C14H13N5O. The molecule has 2 N–H and O–H groups in total.